The van der Waals surface area contributed by atoms with E-state index in [-0.39, 0.29) is 17.5 Å². The summed E-state index contributed by atoms with van der Waals surface area (Å²) in [4.78, 5) is 0. The molecule has 0 aromatic carbocycles. The Labute approximate surface area is 106 Å². The highest BCUT2D eigenvalue weighted by atomic mass is 32.2. The molecule has 0 bridgehead atoms. The molecule has 1 aliphatic carbocycles. The van der Waals surface area contributed by atoms with Gasteiger partial charge in [-0.05, 0) is 32.1 Å². The summed E-state index contributed by atoms with van der Waals surface area (Å²) in [5.41, 5.74) is 2.79. The van der Waals surface area contributed by atoms with Crippen molar-refractivity contribution in [1.29, 1.82) is 5.26 Å². The number of hydrogen-bond donors (Lipinski definition) is 0. The molecule has 0 radical (unpaired) electrons. The first-order valence-electron chi connectivity index (χ1n) is 6.31. The van der Waals surface area contributed by atoms with Crippen molar-refractivity contribution in [2.45, 2.75) is 38.1 Å². The van der Waals surface area contributed by atoms with Gasteiger partial charge in [-0.1, -0.05) is 0 Å². The number of sulfone groups is 1. The second-order valence-corrected chi connectivity index (χ2v) is 7.37. The van der Waals surface area contributed by atoms with Gasteiger partial charge in [-0.25, -0.2) is 8.42 Å². The van der Waals surface area contributed by atoms with Crippen molar-refractivity contribution in [3.63, 3.8) is 0 Å². The van der Waals surface area contributed by atoms with Gasteiger partial charge in [0.05, 0.1) is 17.5 Å². The first-order chi connectivity index (χ1) is 8.61. The minimum absolute atomic E-state index is 0.155. The van der Waals surface area contributed by atoms with Crippen LogP contribution in [-0.4, -0.2) is 29.7 Å². The monoisotopic (exact) mass is 265 g/mol. The molecular formula is C12H15N3O2S. The zero-order valence-electron chi connectivity index (χ0n) is 10.1. The first-order valence-corrected chi connectivity index (χ1v) is 8.13. The summed E-state index contributed by atoms with van der Waals surface area (Å²) in [5, 5.41) is 13.5. The van der Waals surface area contributed by atoms with Gasteiger partial charge in [-0.2, -0.15) is 10.4 Å². The van der Waals surface area contributed by atoms with Gasteiger partial charge in [0.2, 0.25) is 0 Å². The summed E-state index contributed by atoms with van der Waals surface area (Å²) < 4.78 is 24.8. The number of fused-ring (bicyclic) bond motifs is 1. The van der Waals surface area contributed by atoms with E-state index < -0.39 is 9.84 Å². The van der Waals surface area contributed by atoms with Crippen molar-refractivity contribution in [3.8, 4) is 6.07 Å². The lowest BCUT2D eigenvalue weighted by Gasteiger charge is -2.23. The number of aromatic nitrogens is 2. The topological polar surface area (TPSA) is 75.8 Å². The molecule has 2 aliphatic rings. The number of hydrogen-bond acceptors (Lipinski definition) is 4. The molecule has 3 rings (SSSR count). The van der Waals surface area contributed by atoms with Crippen LogP contribution >= 0.6 is 0 Å². The Kier molecular flexibility index (Phi) is 2.67. The molecule has 0 unspecified atom stereocenters. The van der Waals surface area contributed by atoms with Crippen LogP contribution in [0.15, 0.2) is 0 Å². The lowest BCUT2D eigenvalue weighted by Crippen LogP contribution is -2.27. The predicted octanol–water partition coefficient (Wildman–Crippen LogP) is 0.993. The van der Waals surface area contributed by atoms with E-state index in [0.717, 1.165) is 30.5 Å². The van der Waals surface area contributed by atoms with Crippen LogP contribution in [0.4, 0.5) is 0 Å². The second kappa shape index (κ2) is 4.09. The average Bonchev–Trinajstić information content (AvgIpc) is 2.90. The predicted molar refractivity (Wildman–Crippen MR) is 65.9 cm³/mol. The van der Waals surface area contributed by atoms with Crippen molar-refractivity contribution in [2.24, 2.45) is 0 Å². The minimum Gasteiger partial charge on any atom is -0.265 e. The zero-order valence-corrected chi connectivity index (χ0v) is 10.9. The van der Waals surface area contributed by atoms with E-state index in [9.17, 15) is 8.42 Å². The Balaban J connectivity index is 1.92. The van der Waals surface area contributed by atoms with Gasteiger partial charge >= 0.3 is 0 Å². The smallest absolute Gasteiger partial charge is 0.165 e. The quantitative estimate of drug-likeness (QED) is 0.759. The highest BCUT2D eigenvalue weighted by Crippen LogP contribution is 2.31. The summed E-state index contributed by atoms with van der Waals surface area (Å²) in [6, 6.07) is 2.31. The van der Waals surface area contributed by atoms with Gasteiger partial charge in [-0.15, -0.1) is 0 Å². The standard InChI is InChI=1S/C12H15N3O2S/c13-8-11-10-2-1-3-12(10)15(14-11)9-4-6-18(16,17)7-5-9/h9H,1-7H2. The van der Waals surface area contributed by atoms with E-state index in [0.29, 0.717) is 18.5 Å². The van der Waals surface area contributed by atoms with E-state index in [1.54, 1.807) is 0 Å². The molecule has 2 heterocycles. The van der Waals surface area contributed by atoms with Crippen molar-refractivity contribution in [2.75, 3.05) is 11.5 Å². The van der Waals surface area contributed by atoms with E-state index >= 15 is 0 Å². The summed E-state index contributed by atoms with van der Waals surface area (Å²) in [5.74, 6) is 0.488. The Morgan fingerprint density at radius 3 is 2.67 bits per heavy atom. The van der Waals surface area contributed by atoms with E-state index in [1.807, 2.05) is 4.68 Å². The minimum atomic E-state index is -2.84. The molecule has 96 valence electrons. The van der Waals surface area contributed by atoms with Gasteiger partial charge in [0.25, 0.3) is 0 Å². The molecule has 0 atom stereocenters. The van der Waals surface area contributed by atoms with Gasteiger partial charge in [0, 0.05) is 11.3 Å². The fourth-order valence-corrected chi connectivity index (χ4v) is 4.44. The van der Waals surface area contributed by atoms with E-state index in [4.69, 9.17) is 5.26 Å². The zero-order chi connectivity index (χ0) is 12.8. The molecule has 1 fully saturated rings. The van der Waals surface area contributed by atoms with Crippen LogP contribution in [0.1, 0.15) is 42.3 Å². The molecule has 0 amide bonds. The SMILES string of the molecule is N#Cc1nn(C2CCS(=O)(=O)CC2)c2c1CCC2. The van der Waals surface area contributed by atoms with Gasteiger partial charge in [-0.3, -0.25) is 4.68 Å². The van der Waals surface area contributed by atoms with Gasteiger partial charge in [0.1, 0.15) is 15.9 Å². The molecule has 1 aliphatic heterocycles. The number of nitriles is 1. The maximum absolute atomic E-state index is 11.4. The van der Waals surface area contributed by atoms with Crippen LogP contribution in [0.2, 0.25) is 0 Å². The van der Waals surface area contributed by atoms with Crippen LogP contribution in [0, 0.1) is 11.3 Å². The average molecular weight is 265 g/mol. The third-order valence-electron chi connectivity index (χ3n) is 3.93. The molecular weight excluding hydrogens is 250 g/mol. The van der Waals surface area contributed by atoms with Crippen LogP contribution in [0.5, 0.6) is 0 Å². The van der Waals surface area contributed by atoms with Crippen LogP contribution in [0.3, 0.4) is 0 Å². The fraction of sp³-hybridized carbons (Fsp3) is 0.667. The molecule has 1 saturated heterocycles. The van der Waals surface area contributed by atoms with Crippen molar-refractivity contribution >= 4 is 9.84 Å². The molecule has 0 spiro atoms. The maximum atomic E-state index is 11.4. The summed E-state index contributed by atoms with van der Waals surface area (Å²) >= 11 is 0. The van der Waals surface area contributed by atoms with Gasteiger partial charge < -0.3 is 0 Å². The molecule has 18 heavy (non-hydrogen) atoms. The van der Waals surface area contributed by atoms with Crippen molar-refractivity contribution in [1.82, 2.24) is 9.78 Å². The number of rotatable bonds is 1. The highest BCUT2D eigenvalue weighted by molar-refractivity contribution is 7.91. The third-order valence-corrected chi connectivity index (χ3v) is 5.65. The summed E-state index contributed by atoms with van der Waals surface area (Å²) in [7, 11) is -2.84. The summed E-state index contributed by atoms with van der Waals surface area (Å²) in [6.45, 7) is 0. The van der Waals surface area contributed by atoms with Crippen molar-refractivity contribution < 1.29 is 8.42 Å². The lowest BCUT2D eigenvalue weighted by atomic mass is 10.1. The van der Waals surface area contributed by atoms with Crippen molar-refractivity contribution in [3.05, 3.63) is 17.0 Å². The van der Waals surface area contributed by atoms with E-state index in [2.05, 4.69) is 11.2 Å². The normalized spacial score (nSPS) is 22.6. The lowest BCUT2D eigenvalue weighted by molar-refractivity contribution is 0.401. The molecule has 5 nitrogen and oxygen atoms in total. The van der Waals surface area contributed by atoms with Crippen LogP contribution in [-0.2, 0) is 22.7 Å². The first kappa shape index (κ1) is 11.7. The Bertz CT molecular complexity index is 610. The second-order valence-electron chi connectivity index (χ2n) is 5.07. The van der Waals surface area contributed by atoms with Gasteiger partial charge in [0.15, 0.2) is 5.69 Å². The van der Waals surface area contributed by atoms with Crippen LogP contribution < -0.4 is 0 Å². The Morgan fingerprint density at radius 2 is 2.00 bits per heavy atom. The van der Waals surface area contributed by atoms with E-state index in [1.165, 1.54) is 0 Å². The molecule has 6 heteroatoms. The Hall–Kier alpha value is -1.35. The third kappa shape index (κ3) is 1.83. The summed E-state index contributed by atoms with van der Waals surface area (Å²) in [6.07, 6.45) is 4.23. The molecule has 0 N–H and O–H groups in total. The maximum Gasteiger partial charge on any atom is 0.165 e. The molecule has 0 saturated carbocycles. The Morgan fingerprint density at radius 1 is 1.28 bits per heavy atom. The highest BCUT2D eigenvalue weighted by Gasteiger charge is 2.30. The van der Waals surface area contributed by atoms with Crippen LogP contribution in [0.25, 0.3) is 0 Å². The number of nitrogens with zero attached hydrogens (tertiary/aromatic N) is 3. The fourth-order valence-electron chi connectivity index (χ4n) is 2.98. The largest absolute Gasteiger partial charge is 0.265 e. The molecule has 1 aromatic heterocycles. The molecule has 1 aromatic rings.